The molecule has 0 aromatic carbocycles. The minimum atomic E-state index is -0.290. The smallest absolute Gasteiger partial charge is 0.141 e. The third-order valence-corrected chi connectivity index (χ3v) is 4.26. The van der Waals surface area contributed by atoms with Gasteiger partial charge in [0, 0.05) is 24.5 Å². The number of aromatic nitrogens is 2. The number of fused-ring (bicyclic) bond motifs is 1. The normalized spacial score (nSPS) is 14.4. The Bertz CT molecular complexity index is 822. The molecule has 3 nitrogen and oxygen atoms in total. The average molecular weight is 321 g/mol. The van der Waals surface area contributed by atoms with Crippen LogP contribution in [0.5, 0.6) is 0 Å². The molecule has 1 aliphatic rings. The zero-order valence-corrected chi connectivity index (χ0v) is 14.0. The minimum Gasteiger partial charge on any atom is -0.346 e. The first-order chi connectivity index (χ1) is 11.6. The molecule has 2 aromatic heterocycles. The molecule has 122 valence electrons. The zero-order valence-electron chi connectivity index (χ0n) is 14.0. The lowest BCUT2D eigenvalue weighted by Gasteiger charge is -2.29. The minimum absolute atomic E-state index is 0.290. The molecule has 0 aliphatic heterocycles. The molecule has 24 heavy (non-hydrogen) atoms. The van der Waals surface area contributed by atoms with Crippen molar-refractivity contribution in [3.63, 3.8) is 0 Å². The first kappa shape index (κ1) is 16.1. The van der Waals surface area contributed by atoms with Crippen LogP contribution in [0, 0.1) is 5.82 Å². The van der Waals surface area contributed by atoms with E-state index in [1.54, 1.807) is 12.3 Å². The summed E-state index contributed by atoms with van der Waals surface area (Å²) in [6.45, 7) is 5.83. The predicted molar refractivity (Wildman–Crippen MR) is 96.0 cm³/mol. The van der Waals surface area contributed by atoms with E-state index in [-0.39, 0.29) is 5.82 Å². The Hall–Kier alpha value is -2.75. The topological polar surface area (TPSA) is 29.0 Å². The van der Waals surface area contributed by atoms with E-state index < -0.39 is 0 Å². The molecule has 2 heterocycles. The number of nitrogens with zero attached hydrogens (tertiary/aromatic N) is 3. The molecule has 0 saturated carbocycles. The first-order valence-corrected chi connectivity index (χ1v) is 7.92. The summed E-state index contributed by atoms with van der Waals surface area (Å²) in [5.41, 5.74) is 6.01. The predicted octanol–water partition coefficient (Wildman–Crippen LogP) is 4.54. The quantitative estimate of drug-likeness (QED) is 0.774. The van der Waals surface area contributed by atoms with E-state index in [0.717, 1.165) is 46.6 Å². The lowest BCUT2D eigenvalue weighted by atomic mass is 9.90. The van der Waals surface area contributed by atoms with Gasteiger partial charge in [-0.05, 0) is 49.6 Å². The Labute approximate surface area is 141 Å². The SMILES string of the molecule is C=C/C(C)=C\C1=C(N(C)c2cccnc2)CCc2cc(F)cnc21. The Morgan fingerprint density at radius 3 is 2.88 bits per heavy atom. The van der Waals surface area contributed by atoms with Crippen molar-refractivity contribution < 1.29 is 4.39 Å². The summed E-state index contributed by atoms with van der Waals surface area (Å²) in [7, 11) is 2.03. The molecule has 3 rings (SSSR count). The number of anilines is 1. The van der Waals surface area contributed by atoms with E-state index in [1.807, 2.05) is 38.4 Å². The summed E-state index contributed by atoms with van der Waals surface area (Å²) >= 11 is 0. The largest absolute Gasteiger partial charge is 0.346 e. The Kier molecular flexibility index (Phi) is 4.56. The van der Waals surface area contributed by atoms with Crippen LogP contribution in [0.2, 0.25) is 0 Å². The van der Waals surface area contributed by atoms with Crippen LogP contribution in [0.25, 0.3) is 5.57 Å². The van der Waals surface area contributed by atoms with Crippen molar-refractivity contribution in [3.8, 4) is 0 Å². The molecule has 0 fully saturated rings. The highest BCUT2D eigenvalue weighted by atomic mass is 19.1. The van der Waals surface area contributed by atoms with E-state index in [1.165, 1.54) is 6.20 Å². The summed E-state index contributed by atoms with van der Waals surface area (Å²) < 4.78 is 13.5. The van der Waals surface area contributed by atoms with Crippen LogP contribution in [0.4, 0.5) is 10.1 Å². The molecular weight excluding hydrogens is 301 g/mol. The van der Waals surface area contributed by atoms with Crippen molar-refractivity contribution in [3.05, 3.63) is 83.9 Å². The van der Waals surface area contributed by atoms with Gasteiger partial charge in [0.25, 0.3) is 0 Å². The van der Waals surface area contributed by atoms with Gasteiger partial charge in [-0.3, -0.25) is 9.97 Å². The molecule has 4 heteroatoms. The Balaban J connectivity index is 2.16. The van der Waals surface area contributed by atoms with Crippen LogP contribution in [0.1, 0.15) is 24.6 Å². The highest BCUT2D eigenvalue weighted by Gasteiger charge is 2.22. The van der Waals surface area contributed by atoms with Gasteiger partial charge in [0.1, 0.15) is 5.82 Å². The van der Waals surface area contributed by atoms with Crippen molar-refractivity contribution in [2.24, 2.45) is 0 Å². The van der Waals surface area contributed by atoms with Crippen molar-refractivity contribution in [1.29, 1.82) is 0 Å². The van der Waals surface area contributed by atoms with Crippen LogP contribution in [0.3, 0.4) is 0 Å². The van der Waals surface area contributed by atoms with Crippen molar-refractivity contribution in [2.75, 3.05) is 11.9 Å². The van der Waals surface area contributed by atoms with Crippen LogP contribution in [-0.2, 0) is 6.42 Å². The maximum absolute atomic E-state index is 13.5. The van der Waals surface area contributed by atoms with Gasteiger partial charge >= 0.3 is 0 Å². The van der Waals surface area contributed by atoms with E-state index in [9.17, 15) is 4.39 Å². The summed E-state index contributed by atoms with van der Waals surface area (Å²) in [6.07, 6.45) is 10.3. The second-order valence-electron chi connectivity index (χ2n) is 5.88. The highest BCUT2D eigenvalue weighted by Crippen LogP contribution is 2.35. The second-order valence-corrected chi connectivity index (χ2v) is 5.88. The lowest BCUT2D eigenvalue weighted by molar-refractivity contribution is 0.616. The fourth-order valence-corrected chi connectivity index (χ4v) is 2.93. The maximum Gasteiger partial charge on any atom is 0.141 e. The molecule has 0 N–H and O–H groups in total. The number of aryl methyl sites for hydroxylation is 1. The van der Waals surface area contributed by atoms with Gasteiger partial charge in [-0.25, -0.2) is 4.39 Å². The third-order valence-electron chi connectivity index (χ3n) is 4.26. The van der Waals surface area contributed by atoms with Crippen LogP contribution in [-0.4, -0.2) is 17.0 Å². The van der Waals surface area contributed by atoms with Gasteiger partial charge in [-0.1, -0.05) is 18.2 Å². The van der Waals surface area contributed by atoms with Gasteiger partial charge in [0.05, 0.1) is 23.8 Å². The molecule has 1 aliphatic carbocycles. The van der Waals surface area contributed by atoms with E-state index in [4.69, 9.17) is 0 Å². The number of hydrogen-bond donors (Lipinski definition) is 0. The van der Waals surface area contributed by atoms with Crippen molar-refractivity contribution in [1.82, 2.24) is 9.97 Å². The molecule has 0 radical (unpaired) electrons. The summed E-state index contributed by atoms with van der Waals surface area (Å²) in [4.78, 5) is 10.7. The molecule has 2 aromatic rings. The standard InChI is InChI=1S/C20H20FN3/c1-4-14(2)10-18-19(24(3)17-6-5-9-22-13-17)8-7-15-11-16(21)12-23-20(15)18/h4-6,9-13H,1,7-8H2,2-3H3/b14-10-. The van der Waals surface area contributed by atoms with Crippen LogP contribution in [0.15, 0.2) is 66.8 Å². The average Bonchev–Trinajstić information content (AvgIpc) is 2.61. The number of allylic oxidation sites excluding steroid dienone is 5. The van der Waals surface area contributed by atoms with Gasteiger partial charge in [-0.15, -0.1) is 0 Å². The molecule has 0 amide bonds. The third kappa shape index (κ3) is 3.13. The van der Waals surface area contributed by atoms with Gasteiger partial charge < -0.3 is 4.90 Å². The van der Waals surface area contributed by atoms with E-state index in [2.05, 4.69) is 27.5 Å². The molecule has 0 saturated heterocycles. The Morgan fingerprint density at radius 2 is 2.17 bits per heavy atom. The van der Waals surface area contributed by atoms with Gasteiger partial charge in [0.15, 0.2) is 0 Å². The second kappa shape index (κ2) is 6.79. The summed E-state index contributed by atoms with van der Waals surface area (Å²) in [5, 5.41) is 0. The summed E-state index contributed by atoms with van der Waals surface area (Å²) in [5.74, 6) is -0.290. The Morgan fingerprint density at radius 1 is 1.33 bits per heavy atom. The number of hydrogen-bond acceptors (Lipinski definition) is 3. The number of rotatable bonds is 4. The molecule has 0 bridgehead atoms. The van der Waals surface area contributed by atoms with Gasteiger partial charge in [-0.2, -0.15) is 0 Å². The van der Waals surface area contributed by atoms with Crippen molar-refractivity contribution in [2.45, 2.75) is 19.8 Å². The summed E-state index contributed by atoms with van der Waals surface area (Å²) in [6, 6.07) is 5.52. The molecule has 0 unspecified atom stereocenters. The number of halogens is 1. The lowest BCUT2D eigenvalue weighted by Crippen LogP contribution is -2.22. The molecular formula is C20H20FN3. The van der Waals surface area contributed by atoms with Gasteiger partial charge in [0.2, 0.25) is 0 Å². The molecule has 0 spiro atoms. The van der Waals surface area contributed by atoms with Crippen LogP contribution < -0.4 is 4.90 Å². The zero-order chi connectivity index (χ0) is 17.1. The van der Waals surface area contributed by atoms with E-state index >= 15 is 0 Å². The fourth-order valence-electron chi connectivity index (χ4n) is 2.93. The van der Waals surface area contributed by atoms with Crippen LogP contribution >= 0.6 is 0 Å². The fraction of sp³-hybridized carbons (Fsp3) is 0.200. The monoisotopic (exact) mass is 321 g/mol. The maximum atomic E-state index is 13.5. The first-order valence-electron chi connectivity index (χ1n) is 7.92. The van der Waals surface area contributed by atoms with Crippen molar-refractivity contribution >= 4 is 11.3 Å². The highest BCUT2D eigenvalue weighted by molar-refractivity contribution is 5.81. The number of pyridine rings is 2. The van der Waals surface area contributed by atoms with E-state index in [0.29, 0.717) is 0 Å². The molecule has 0 atom stereocenters.